The van der Waals surface area contributed by atoms with E-state index in [4.69, 9.17) is 15.2 Å². The van der Waals surface area contributed by atoms with Crippen molar-refractivity contribution in [2.75, 3.05) is 47.1 Å². The Bertz CT molecular complexity index is 167. The summed E-state index contributed by atoms with van der Waals surface area (Å²) >= 11 is 0. The van der Waals surface area contributed by atoms with Crippen LogP contribution in [0.15, 0.2) is 0 Å². The minimum atomic E-state index is 0.418. The number of nitrogens with two attached hydrogens (primary N) is 1. The van der Waals surface area contributed by atoms with E-state index >= 15 is 0 Å². The fraction of sp³-hybridized carbons (Fsp3) is 1.00. The molecule has 0 aromatic heterocycles. The van der Waals surface area contributed by atoms with E-state index in [1.165, 1.54) is 12.8 Å². The SMILES string of the molecule is CCCC(CN)CN(CCOC)C(C)COC. The maximum Gasteiger partial charge on any atom is 0.0615 e. The lowest BCUT2D eigenvalue weighted by Gasteiger charge is -2.31. The van der Waals surface area contributed by atoms with Crippen LogP contribution in [0.25, 0.3) is 0 Å². The fourth-order valence-electron chi connectivity index (χ4n) is 2.07. The van der Waals surface area contributed by atoms with Gasteiger partial charge in [0.1, 0.15) is 0 Å². The smallest absolute Gasteiger partial charge is 0.0615 e. The highest BCUT2D eigenvalue weighted by molar-refractivity contribution is 4.72. The van der Waals surface area contributed by atoms with E-state index in [9.17, 15) is 0 Å². The topological polar surface area (TPSA) is 47.7 Å². The molecule has 0 amide bonds. The highest BCUT2D eigenvalue weighted by Crippen LogP contribution is 2.10. The molecular weight excluding hydrogens is 216 g/mol. The molecule has 0 saturated heterocycles. The largest absolute Gasteiger partial charge is 0.383 e. The molecule has 104 valence electrons. The number of hydrogen-bond acceptors (Lipinski definition) is 4. The lowest BCUT2D eigenvalue weighted by molar-refractivity contribution is 0.0646. The van der Waals surface area contributed by atoms with Gasteiger partial charge in [0.2, 0.25) is 0 Å². The van der Waals surface area contributed by atoms with Crippen LogP contribution in [0.1, 0.15) is 26.7 Å². The van der Waals surface area contributed by atoms with Crippen molar-refractivity contribution in [2.45, 2.75) is 32.7 Å². The molecule has 4 heteroatoms. The van der Waals surface area contributed by atoms with E-state index in [1.54, 1.807) is 14.2 Å². The van der Waals surface area contributed by atoms with Crippen LogP contribution in [0, 0.1) is 5.92 Å². The number of hydrogen-bond donors (Lipinski definition) is 1. The number of methoxy groups -OCH3 is 2. The van der Waals surface area contributed by atoms with Gasteiger partial charge in [-0.25, -0.2) is 0 Å². The standard InChI is InChI=1S/C13H30N2O2/c1-5-6-13(9-14)10-15(7-8-16-3)12(2)11-17-4/h12-13H,5-11,14H2,1-4H3. The van der Waals surface area contributed by atoms with Crippen LogP contribution in [-0.4, -0.2) is 58.0 Å². The Morgan fingerprint density at radius 2 is 1.94 bits per heavy atom. The summed E-state index contributed by atoms with van der Waals surface area (Å²) in [5.41, 5.74) is 5.82. The van der Waals surface area contributed by atoms with Gasteiger partial charge in [-0.15, -0.1) is 0 Å². The van der Waals surface area contributed by atoms with E-state index in [-0.39, 0.29) is 0 Å². The normalized spacial score (nSPS) is 15.2. The Morgan fingerprint density at radius 3 is 2.41 bits per heavy atom. The molecule has 0 aromatic rings. The van der Waals surface area contributed by atoms with Gasteiger partial charge < -0.3 is 15.2 Å². The summed E-state index contributed by atoms with van der Waals surface area (Å²) in [4.78, 5) is 2.42. The van der Waals surface area contributed by atoms with Crippen molar-refractivity contribution in [1.82, 2.24) is 4.90 Å². The molecule has 0 radical (unpaired) electrons. The summed E-state index contributed by atoms with van der Waals surface area (Å²) in [5.74, 6) is 0.580. The first-order valence-electron chi connectivity index (χ1n) is 6.61. The molecule has 2 N–H and O–H groups in total. The maximum absolute atomic E-state index is 5.82. The fourth-order valence-corrected chi connectivity index (χ4v) is 2.07. The molecule has 0 heterocycles. The summed E-state index contributed by atoms with van der Waals surface area (Å²) in [6.45, 7) is 8.67. The van der Waals surface area contributed by atoms with E-state index < -0.39 is 0 Å². The Kier molecular flexibility index (Phi) is 10.9. The van der Waals surface area contributed by atoms with Gasteiger partial charge >= 0.3 is 0 Å². The van der Waals surface area contributed by atoms with Gasteiger partial charge in [-0.05, 0) is 25.8 Å². The molecule has 0 fully saturated rings. The molecule has 0 aromatic carbocycles. The summed E-state index contributed by atoms with van der Waals surface area (Å²) in [7, 11) is 3.49. The first kappa shape index (κ1) is 16.8. The van der Waals surface area contributed by atoms with Gasteiger partial charge in [0.15, 0.2) is 0 Å². The number of rotatable bonds is 11. The van der Waals surface area contributed by atoms with Gasteiger partial charge in [-0.3, -0.25) is 4.90 Å². The monoisotopic (exact) mass is 246 g/mol. The van der Waals surface area contributed by atoms with Crippen LogP contribution in [0.3, 0.4) is 0 Å². The third-order valence-electron chi connectivity index (χ3n) is 3.14. The predicted octanol–water partition coefficient (Wildman–Crippen LogP) is 1.34. The van der Waals surface area contributed by atoms with Gasteiger partial charge in [0, 0.05) is 33.4 Å². The Hall–Kier alpha value is -0.160. The number of nitrogens with zero attached hydrogens (tertiary/aromatic N) is 1. The molecule has 0 rings (SSSR count). The van der Waals surface area contributed by atoms with Gasteiger partial charge in [-0.2, -0.15) is 0 Å². The summed E-state index contributed by atoms with van der Waals surface area (Å²) in [5, 5.41) is 0. The Morgan fingerprint density at radius 1 is 1.24 bits per heavy atom. The zero-order chi connectivity index (χ0) is 13.1. The van der Waals surface area contributed by atoms with Gasteiger partial charge in [0.05, 0.1) is 13.2 Å². The van der Waals surface area contributed by atoms with Crippen molar-refractivity contribution in [3.8, 4) is 0 Å². The van der Waals surface area contributed by atoms with Crippen molar-refractivity contribution in [2.24, 2.45) is 11.7 Å². The second kappa shape index (κ2) is 11.0. The molecule has 0 aliphatic rings. The zero-order valence-electron chi connectivity index (χ0n) is 11.9. The maximum atomic E-state index is 5.82. The first-order chi connectivity index (χ1) is 8.19. The average Bonchev–Trinajstić information content (AvgIpc) is 2.33. The highest BCUT2D eigenvalue weighted by atomic mass is 16.5. The zero-order valence-corrected chi connectivity index (χ0v) is 11.9. The van der Waals surface area contributed by atoms with Crippen molar-refractivity contribution in [3.05, 3.63) is 0 Å². The lowest BCUT2D eigenvalue weighted by Crippen LogP contribution is -2.42. The average molecular weight is 246 g/mol. The lowest BCUT2D eigenvalue weighted by atomic mass is 10.0. The van der Waals surface area contributed by atoms with Crippen LogP contribution in [0.5, 0.6) is 0 Å². The molecular formula is C13H30N2O2. The molecule has 0 spiro atoms. The van der Waals surface area contributed by atoms with E-state index in [1.807, 2.05) is 0 Å². The Labute approximate surface area is 106 Å². The predicted molar refractivity (Wildman–Crippen MR) is 72.2 cm³/mol. The minimum absolute atomic E-state index is 0.418. The van der Waals surface area contributed by atoms with Crippen LogP contribution in [0.2, 0.25) is 0 Å². The van der Waals surface area contributed by atoms with E-state index in [0.29, 0.717) is 12.0 Å². The molecule has 0 saturated carbocycles. The van der Waals surface area contributed by atoms with Crippen LogP contribution in [0.4, 0.5) is 0 Å². The molecule has 0 bridgehead atoms. The van der Waals surface area contributed by atoms with E-state index in [0.717, 1.165) is 32.8 Å². The van der Waals surface area contributed by atoms with Crippen molar-refractivity contribution >= 4 is 0 Å². The molecule has 2 atom stereocenters. The molecule has 0 aliphatic carbocycles. The third-order valence-corrected chi connectivity index (χ3v) is 3.14. The van der Waals surface area contributed by atoms with Crippen LogP contribution < -0.4 is 5.73 Å². The first-order valence-corrected chi connectivity index (χ1v) is 6.61. The Balaban J connectivity index is 4.23. The minimum Gasteiger partial charge on any atom is -0.383 e. The third kappa shape index (κ3) is 7.71. The molecule has 17 heavy (non-hydrogen) atoms. The van der Waals surface area contributed by atoms with Crippen LogP contribution >= 0.6 is 0 Å². The summed E-state index contributed by atoms with van der Waals surface area (Å²) in [6.07, 6.45) is 2.39. The number of ether oxygens (including phenoxy) is 2. The van der Waals surface area contributed by atoms with Crippen LogP contribution in [-0.2, 0) is 9.47 Å². The van der Waals surface area contributed by atoms with Crippen molar-refractivity contribution in [1.29, 1.82) is 0 Å². The second-order valence-electron chi connectivity index (χ2n) is 4.68. The summed E-state index contributed by atoms with van der Waals surface area (Å²) < 4.78 is 10.4. The van der Waals surface area contributed by atoms with Gasteiger partial charge in [0.25, 0.3) is 0 Å². The molecule has 2 unspecified atom stereocenters. The highest BCUT2D eigenvalue weighted by Gasteiger charge is 2.17. The quantitative estimate of drug-likeness (QED) is 0.598. The summed E-state index contributed by atoms with van der Waals surface area (Å²) in [6, 6.07) is 0.418. The van der Waals surface area contributed by atoms with Crippen molar-refractivity contribution < 1.29 is 9.47 Å². The molecule has 0 aliphatic heterocycles. The molecule has 4 nitrogen and oxygen atoms in total. The van der Waals surface area contributed by atoms with E-state index in [2.05, 4.69) is 18.7 Å². The van der Waals surface area contributed by atoms with Gasteiger partial charge in [-0.1, -0.05) is 13.3 Å². The second-order valence-corrected chi connectivity index (χ2v) is 4.68. The van der Waals surface area contributed by atoms with Crippen molar-refractivity contribution in [3.63, 3.8) is 0 Å².